The molecule has 58 heavy (non-hydrogen) atoms. The first-order valence-electron chi connectivity index (χ1n) is 17.8. The molecule has 6 heterocycles. The molecular weight excluding hydrogens is 776 g/mol. The van der Waals surface area contributed by atoms with E-state index in [2.05, 4.69) is 50.3 Å². The van der Waals surface area contributed by atoms with Crippen LogP contribution in [-0.2, 0) is 21.4 Å². The molecule has 0 bridgehead atoms. The molecule has 5 aromatic rings. The first-order chi connectivity index (χ1) is 27.5. The van der Waals surface area contributed by atoms with E-state index in [-0.39, 0.29) is 11.9 Å². The first-order valence-corrected chi connectivity index (χ1v) is 17.8. The number of piperidine rings is 1. The number of likely N-dealkylation sites (tertiary alicyclic amines) is 1. The number of aromatic nitrogens is 5. The van der Waals surface area contributed by atoms with Gasteiger partial charge in [-0.05, 0) is 49.7 Å². The smallest absolute Gasteiger partial charge is 0.475 e. The fourth-order valence-corrected chi connectivity index (χ4v) is 6.53. The van der Waals surface area contributed by atoms with Gasteiger partial charge in [0, 0.05) is 74.1 Å². The molecule has 4 aromatic heterocycles. The van der Waals surface area contributed by atoms with Crippen molar-refractivity contribution in [2.45, 2.75) is 37.7 Å². The van der Waals surface area contributed by atoms with Crippen molar-refractivity contribution in [1.82, 2.24) is 34.2 Å². The first kappa shape index (κ1) is 42.6. The van der Waals surface area contributed by atoms with Crippen LogP contribution in [0.4, 0.5) is 32.2 Å². The van der Waals surface area contributed by atoms with Crippen LogP contribution in [0.15, 0.2) is 79.5 Å². The van der Waals surface area contributed by atoms with Gasteiger partial charge in [0.1, 0.15) is 17.9 Å². The number of amides is 1. The third-order valence-electron chi connectivity index (χ3n) is 9.33. The van der Waals surface area contributed by atoms with Crippen molar-refractivity contribution in [1.29, 1.82) is 5.26 Å². The number of nitriles is 1. The highest BCUT2D eigenvalue weighted by atomic mass is 19.4. The maximum atomic E-state index is 13.9. The lowest BCUT2D eigenvalue weighted by molar-refractivity contribution is -0.193. The zero-order valence-corrected chi connectivity index (χ0v) is 30.9. The van der Waals surface area contributed by atoms with Gasteiger partial charge in [0.15, 0.2) is 0 Å². The van der Waals surface area contributed by atoms with Gasteiger partial charge < -0.3 is 20.0 Å². The molecule has 1 atom stereocenters. The van der Waals surface area contributed by atoms with Crippen LogP contribution in [0.5, 0.6) is 0 Å². The normalized spacial score (nSPS) is 15.3. The van der Waals surface area contributed by atoms with Crippen molar-refractivity contribution in [3.8, 4) is 28.3 Å². The Balaban J connectivity index is 0.000000393. The number of halogens is 6. The van der Waals surface area contributed by atoms with E-state index in [9.17, 15) is 36.4 Å². The monoisotopic (exact) mass is 813 g/mol. The maximum absolute atomic E-state index is 13.9. The summed E-state index contributed by atoms with van der Waals surface area (Å²) in [5.74, 6) is -4.43. The molecule has 1 unspecified atom stereocenters. The number of carbonyl (C=O) groups excluding carboxylic acids is 1. The number of aliphatic carboxylic acids is 2. The van der Waals surface area contributed by atoms with Crippen LogP contribution in [0.3, 0.4) is 0 Å². The lowest BCUT2D eigenvalue weighted by atomic mass is 10.00. The van der Waals surface area contributed by atoms with Crippen LogP contribution in [-0.4, -0.2) is 114 Å². The van der Waals surface area contributed by atoms with Crippen molar-refractivity contribution in [3.05, 3.63) is 90.6 Å². The summed E-state index contributed by atoms with van der Waals surface area (Å²) in [6.07, 6.45) is 2.52. The molecule has 306 valence electrons. The Kier molecular flexibility index (Phi) is 13.4. The van der Waals surface area contributed by atoms with E-state index in [4.69, 9.17) is 24.8 Å². The van der Waals surface area contributed by atoms with Gasteiger partial charge in [-0.1, -0.05) is 36.8 Å². The van der Waals surface area contributed by atoms with Gasteiger partial charge in [0.05, 0.1) is 23.5 Å². The quantitative estimate of drug-likeness (QED) is 0.198. The van der Waals surface area contributed by atoms with Crippen LogP contribution < -0.4 is 4.90 Å². The van der Waals surface area contributed by atoms with E-state index in [1.165, 1.54) is 6.42 Å². The van der Waals surface area contributed by atoms with Gasteiger partial charge in [-0.25, -0.2) is 19.1 Å². The van der Waals surface area contributed by atoms with Gasteiger partial charge in [0.2, 0.25) is 5.91 Å². The van der Waals surface area contributed by atoms with E-state index in [0.29, 0.717) is 18.7 Å². The topological polar surface area (TPSA) is 173 Å². The minimum Gasteiger partial charge on any atom is -0.475 e. The van der Waals surface area contributed by atoms with Gasteiger partial charge in [-0.3, -0.25) is 14.4 Å². The average Bonchev–Trinajstić information content (AvgIpc) is 3.84. The Labute approximate surface area is 327 Å². The third-order valence-corrected chi connectivity index (χ3v) is 9.33. The SMILES string of the molecule is Cn1cc(-c2cc(-c3ccc(N4CCN(C(=O)C(c5ccccc5)N5CCCCC5)CC4)nc3)c3c(C#N)cnn3c2)cn1.O=C(O)C(F)(F)F.O=C(O)C(F)(F)F. The molecule has 2 N–H and O–H groups in total. The number of benzene rings is 1. The van der Waals surface area contributed by atoms with E-state index < -0.39 is 24.3 Å². The molecule has 2 fully saturated rings. The molecule has 0 aliphatic carbocycles. The second-order valence-electron chi connectivity index (χ2n) is 13.2. The van der Waals surface area contributed by atoms with Crippen LogP contribution in [0.25, 0.3) is 27.8 Å². The van der Waals surface area contributed by atoms with Crippen LogP contribution in [0.1, 0.15) is 36.4 Å². The molecule has 0 spiro atoms. The lowest BCUT2D eigenvalue weighted by Gasteiger charge is -2.40. The van der Waals surface area contributed by atoms with Crippen molar-refractivity contribution < 1.29 is 50.9 Å². The van der Waals surface area contributed by atoms with Crippen LogP contribution in [0, 0.1) is 11.3 Å². The Bertz CT molecular complexity index is 2210. The number of carbonyl (C=O) groups is 3. The molecule has 7 rings (SSSR count). The summed E-state index contributed by atoms with van der Waals surface area (Å²) >= 11 is 0. The predicted molar refractivity (Wildman–Crippen MR) is 196 cm³/mol. The summed E-state index contributed by atoms with van der Waals surface area (Å²) in [5, 5.41) is 32.8. The Morgan fingerprint density at radius 1 is 0.759 bits per heavy atom. The Morgan fingerprint density at radius 3 is 1.90 bits per heavy atom. The molecule has 2 aliphatic heterocycles. The Hall–Kier alpha value is -6.49. The van der Waals surface area contributed by atoms with Crippen molar-refractivity contribution in [3.63, 3.8) is 0 Å². The minimum atomic E-state index is -5.08. The summed E-state index contributed by atoms with van der Waals surface area (Å²) in [6, 6.07) is 18.4. The summed E-state index contributed by atoms with van der Waals surface area (Å²) in [7, 11) is 1.89. The second-order valence-corrected chi connectivity index (χ2v) is 13.2. The van der Waals surface area contributed by atoms with E-state index in [0.717, 1.165) is 78.2 Å². The molecule has 0 saturated carbocycles. The zero-order valence-electron chi connectivity index (χ0n) is 30.9. The largest absolute Gasteiger partial charge is 0.490 e. The highest BCUT2D eigenvalue weighted by Gasteiger charge is 2.39. The van der Waals surface area contributed by atoms with Gasteiger partial charge in [-0.2, -0.15) is 41.8 Å². The molecule has 2 saturated heterocycles. The summed E-state index contributed by atoms with van der Waals surface area (Å²) in [5.41, 5.74) is 6.07. The fourth-order valence-electron chi connectivity index (χ4n) is 6.53. The number of nitrogens with zero attached hydrogens (tertiary/aromatic N) is 9. The molecule has 0 radical (unpaired) electrons. The van der Waals surface area contributed by atoms with Crippen molar-refractivity contribution in [2.24, 2.45) is 7.05 Å². The fraction of sp³-hybridized carbons (Fsp3) is 0.342. The van der Waals surface area contributed by atoms with Crippen molar-refractivity contribution in [2.75, 3.05) is 44.2 Å². The highest BCUT2D eigenvalue weighted by Crippen LogP contribution is 2.33. The predicted octanol–water partition coefficient (Wildman–Crippen LogP) is 5.81. The number of rotatable bonds is 6. The summed E-state index contributed by atoms with van der Waals surface area (Å²) < 4.78 is 67.0. The van der Waals surface area contributed by atoms with E-state index in [1.807, 2.05) is 61.0 Å². The molecule has 1 aromatic carbocycles. The molecule has 2 aliphatic rings. The standard InChI is InChI=1S/C34H35N9O.2C2HF3O2/c1-39-23-29(22-37-39)27-18-30(32-28(19-35)21-38-43(32)24-27)26-10-11-31(36-20-26)40-14-16-42(17-15-40)34(44)33(25-8-4-2-5-9-25)41-12-6-3-7-13-41;2*3-2(4,5)1(6)7/h2,4-5,8-11,18,20-24,33H,3,6-7,12-17H2,1H3;2*(H,6,7). The number of carboxylic acid groups (broad SMARTS) is 2. The summed E-state index contributed by atoms with van der Waals surface area (Å²) in [6.45, 7) is 4.70. The third kappa shape index (κ3) is 10.5. The maximum Gasteiger partial charge on any atom is 0.490 e. The molecule has 20 heteroatoms. The van der Waals surface area contributed by atoms with Crippen LogP contribution in [0.2, 0.25) is 0 Å². The number of fused-ring (bicyclic) bond motifs is 1. The van der Waals surface area contributed by atoms with E-state index in [1.54, 1.807) is 15.4 Å². The number of aryl methyl sites for hydroxylation is 1. The second kappa shape index (κ2) is 18.2. The van der Waals surface area contributed by atoms with Crippen molar-refractivity contribution >= 4 is 29.2 Å². The number of piperazine rings is 1. The van der Waals surface area contributed by atoms with Gasteiger partial charge in [-0.15, -0.1) is 0 Å². The van der Waals surface area contributed by atoms with Crippen LogP contribution >= 0.6 is 0 Å². The van der Waals surface area contributed by atoms with Gasteiger partial charge in [0.25, 0.3) is 0 Å². The number of hydrogen-bond acceptors (Lipinski definition) is 9. The number of carboxylic acids is 2. The number of pyridine rings is 2. The highest BCUT2D eigenvalue weighted by molar-refractivity contribution is 5.87. The molecule has 1 amide bonds. The molecule has 14 nitrogen and oxygen atoms in total. The Morgan fingerprint density at radius 2 is 1.38 bits per heavy atom. The lowest BCUT2D eigenvalue weighted by Crippen LogP contribution is -2.52. The minimum absolute atomic E-state index is 0.202. The number of hydrogen-bond donors (Lipinski definition) is 2. The van der Waals surface area contributed by atoms with E-state index >= 15 is 0 Å². The molecular formula is C38H37F6N9O5. The number of alkyl halides is 6. The zero-order chi connectivity index (χ0) is 42.2. The average molecular weight is 814 g/mol. The summed E-state index contributed by atoms with van der Waals surface area (Å²) in [4.78, 5) is 43.2. The number of anilines is 1. The van der Waals surface area contributed by atoms with Gasteiger partial charge >= 0.3 is 24.3 Å².